The molecule has 9 nitrogen and oxygen atoms in total. The molecule has 1 unspecified atom stereocenters. The summed E-state index contributed by atoms with van der Waals surface area (Å²) in [5, 5.41) is 19.4. The van der Waals surface area contributed by atoms with Crippen molar-refractivity contribution in [1.82, 2.24) is 0 Å². The standard InChI is InChI=1S/C21H27N5O4S2.CH4/c1-13-7-8-20-18(9-13)26(12-14(2)27)21(31-20)23-22-15-11-19(30-5)17(25(3)4)10-16(15)24-32(6,28)29;/h7-11,14,27H,12H2,1-6H3;1H4/p+1. The molecule has 0 aliphatic heterocycles. The monoisotopic (exact) mass is 494 g/mol. The summed E-state index contributed by atoms with van der Waals surface area (Å²) in [4.78, 5) is 1.82. The molecular formula is C22H32N5O4S2+. The topological polar surface area (TPSA) is 107 Å². The number of benzene rings is 2. The largest absolute Gasteiger partial charge is 0.494 e. The number of hydrogen-bond donors (Lipinski definition) is 2. The molecule has 3 rings (SSSR count). The van der Waals surface area contributed by atoms with Gasteiger partial charge in [0, 0.05) is 20.2 Å². The molecule has 0 saturated heterocycles. The Balaban J connectivity index is 0.00000385. The van der Waals surface area contributed by atoms with E-state index in [0.29, 0.717) is 34.5 Å². The molecule has 0 bridgehead atoms. The van der Waals surface area contributed by atoms with Crippen molar-refractivity contribution in [2.24, 2.45) is 10.2 Å². The second kappa shape index (κ2) is 10.4. The highest BCUT2D eigenvalue weighted by molar-refractivity contribution is 7.92. The fourth-order valence-electron chi connectivity index (χ4n) is 3.23. The summed E-state index contributed by atoms with van der Waals surface area (Å²) in [6.07, 6.45) is 0.507. The van der Waals surface area contributed by atoms with Crippen LogP contribution in [0.1, 0.15) is 19.9 Å². The van der Waals surface area contributed by atoms with Crippen molar-refractivity contribution in [1.29, 1.82) is 0 Å². The summed E-state index contributed by atoms with van der Waals surface area (Å²) in [6.45, 7) is 4.08. The van der Waals surface area contributed by atoms with Crippen molar-refractivity contribution < 1.29 is 22.8 Å². The van der Waals surface area contributed by atoms with Gasteiger partial charge in [0.05, 0.1) is 40.7 Å². The van der Waals surface area contributed by atoms with Crippen LogP contribution in [0.15, 0.2) is 40.6 Å². The van der Waals surface area contributed by atoms with Gasteiger partial charge in [0.15, 0.2) is 0 Å². The second-order valence-electron chi connectivity index (χ2n) is 7.83. The number of thiazole rings is 1. The van der Waals surface area contributed by atoms with E-state index >= 15 is 0 Å². The van der Waals surface area contributed by atoms with Crippen LogP contribution >= 0.6 is 11.3 Å². The lowest BCUT2D eigenvalue weighted by atomic mass is 10.2. The van der Waals surface area contributed by atoms with Crippen LogP contribution in [0.25, 0.3) is 10.2 Å². The minimum Gasteiger partial charge on any atom is -0.494 e. The lowest BCUT2D eigenvalue weighted by molar-refractivity contribution is -0.662. The van der Waals surface area contributed by atoms with Crippen molar-refractivity contribution in [3.05, 3.63) is 35.9 Å². The first kappa shape index (κ1) is 26.5. The van der Waals surface area contributed by atoms with E-state index in [2.05, 4.69) is 15.0 Å². The summed E-state index contributed by atoms with van der Waals surface area (Å²) in [5.74, 6) is 0.534. The first-order valence-corrected chi connectivity index (χ1v) is 12.6. The van der Waals surface area contributed by atoms with E-state index in [1.807, 2.05) is 48.7 Å². The molecule has 11 heteroatoms. The Morgan fingerprint density at radius 2 is 1.94 bits per heavy atom. The van der Waals surface area contributed by atoms with E-state index in [1.165, 1.54) is 18.4 Å². The molecule has 0 amide bonds. The maximum atomic E-state index is 11.9. The number of fused-ring (bicyclic) bond motifs is 1. The zero-order valence-electron chi connectivity index (χ0n) is 18.9. The third-order valence-electron chi connectivity index (χ3n) is 4.60. The SMILES string of the molecule is C.COc1cc(N=Nc2sc3ccc(C)cc3[n+]2CC(C)O)c(NS(C)(=O)=O)cc1N(C)C. The molecule has 2 aromatic carbocycles. The summed E-state index contributed by atoms with van der Waals surface area (Å²) < 4.78 is 34.8. The van der Waals surface area contributed by atoms with Gasteiger partial charge in [0.25, 0.3) is 0 Å². The summed E-state index contributed by atoms with van der Waals surface area (Å²) in [5.41, 5.74) is 3.36. The lowest BCUT2D eigenvalue weighted by Gasteiger charge is -2.18. The van der Waals surface area contributed by atoms with Gasteiger partial charge in [-0.3, -0.25) is 4.72 Å². The van der Waals surface area contributed by atoms with Crippen LogP contribution in [-0.4, -0.2) is 47.1 Å². The van der Waals surface area contributed by atoms with Gasteiger partial charge in [-0.05, 0) is 54.1 Å². The summed E-state index contributed by atoms with van der Waals surface area (Å²) in [7, 11) is 1.67. The fraction of sp³-hybridized carbons (Fsp3) is 0.409. The zero-order chi connectivity index (χ0) is 23.6. The Morgan fingerprint density at radius 1 is 1.24 bits per heavy atom. The molecule has 1 heterocycles. The average Bonchev–Trinajstić information content (AvgIpc) is 3.01. The quantitative estimate of drug-likeness (QED) is 0.357. The number of aromatic nitrogens is 1. The highest BCUT2D eigenvalue weighted by Crippen LogP contribution is 2.39. The number of anilines is 2. The first-order valence-electron chi connectivity index (χ1n) is 9.88. The minimum absolute atomic E-state index is 0. The maximum Gasteiger partial charge on any atom is 0.409 e. The third-order valence-corrected chi connectivity index (χ3v) is 6.24. The Bertz CT molecular complexity index is 1270. The van der Waals surface area contributed by atoms with Gasteiger partial charge in [-0.1, -0.05) is 13.5 Å². The number of aliphatic hydroxyl groups excluding tert-OH is 1. The van der Waals surface area contributed by atoms with E-state index < -0.39 is 16.1 Å². The molecule has 180 valence electrons. The number of aryl methyl sites for hydroxylation is 1. The number of sulfonamides is 1. The second-order valence-corrected chi connectivity index (χ2v) is 10.6. The van der Waals surface area contributed by atoms with Crippen molar-refractivity contribution in [3.8, 4) is 5.75 Å². The summed E-state index contributed by atoms with van der Waals surface area (Å²) >= 11 is 1.44. The molecule has 1 aromatic heterocycles. The molecule has 2 N–H and O–H groups in total. The Kier molecular flexibility index (Phi) is 8.39. The molecule has 0 aliphatic carbocycles. The third kappa shape index (κ3) is 6.40. The molecule has 0 radical (unpaired) electrons. The lowest BCUT2D eigenvalue weighted by Crippen LogP contribution is -2.37. The molecule has 0 fully saturated rings. The number of hydrogen-bond acceptors (Lipinski definition) is 8. The predicted molar refractivity (Wildman–Crippen MR) is 135 cm³/mol. The van der Waals surface area contributed by atoms with Crippen LogP contribution in [0.2, 0.25) is 0 Å². The van der Waals surface area contributed by atoms with Gasteiger partial charge < -0.3 is 14.7 Å². The zero-order valence-corrected chi connectivity index (χ0v) is 20.6. The van der Waals surface area contributed by atoms with E-state index in [-0.39, 0.29) is 7.43 Å². The van der Waals surface area contributed by atoms with E-state index in [4.69, 9.17) is 4.74 Å². The van der Waals surface area contributed by atoms with Gasteiger partial charge in [-0.25, -0.2) is 13.0 Å². The molecule has 3 aromatic rings. The van der Waals surface area contributed by atoms with Crippen LogP contribution in [-0.2, 0) is 16.6 Å². The van der Waals surface area contributed by atoms with Gasteiger partial charge in [-0.15, -0.1) is 0 Å². The van der Waals surface area contributed by atoms with Crippen LogP contribution in [0.5, 0.6) is 5.75 Å². The van der Waals surface area contributed by atoms with Crippen LogP contribution in [0, 0.1) is 6.92 Å². The summed E-state index contributed by atoms with van der Waals surface area (Å²) in [6, 6.07) is 9.37. The van der Waals surface area contributed by atoms with Crippen LogP contribution < -0.4 is 18.9 Å². The Labute approximate surface area is 199 Å². The molecule has 0 aliphatic rings. The van der Waals surface area contributed by atoms with Crippen molar-refractivity contribution in [2.75, 3.05) is 37.1 Å². The smallest absolute Gasteiger partial charge is 0.409 e. The Morgan fingerprint density at radius 3 is 2.52 bits per heavy atom. The van der Waals surface area contributed by atoms with Crippen molar-refractivity contribution in [3.63, 3.8) is 0 Å². The number of aliphatic hydroxyl groups is 1. The fourth-order valence-corrected chi connectivity index (χ4v) is 4.76. The van der Waals surface area contributed by atoms with Crippen LogP contribution in [0.4, 0.5) is 22.2 Å². The van der Waals surface area contributed by atoms with E-state index in [9.17, 15) is 13.5 Å². The maximum absolute atomic E-state index is 11.9. The number of nitrogens with zero attached hydrogens (tertiary/aromatic N) is 4. The highest BCUT2D eigenvalue weighted by Gasteiger charge is 2.22. The number of ether oxygens (including phenoxy) is 1. The Hall–Kier alpha value is -2.76. The number of nitrogens with one attached hydrogen (secondary N) is 1. The van der Waals surface area contributed by atoms with Crippen LogP contribution in [0.3, 0.4) is 0 Å². The van der Waals surface area contributed by atoms with Gasteiger partial charge in [-0.2, -0.15) is 0 Å². The van der Waals surface area contributed by atoms with Gasteiger partial charge in [0.1, 0.15) is 23.5 Å². The number of methoxy groups -OCH3 is 1. The highest BCUT2D eigenvalue weighted by atomic mass is 32.2. The normalized spacial score (nSPS) is 12.6. The molecular weight excluding hydrogens is 462 g/mol. The van der Waals surface area contributed by atoms with Crippen molar-refractivity contribution in [2.45, 2.75) is 33.9 Å². The van der Waals surface area contributed by atoms with Gasteiger partial charge in [0.2, 0.25) is 10.0 Å². The van der Waals surface area contributed by atoms with E-state index in [1.54, 1.807) is 19.1 Å². The average molecular weight is 495 g/mol. The molecule has 1 atom stereocenters. The molecule has 33 heavy (non-hydrogen) atoms. The van der Waals surface area contributed by atoms with Crippen molar-refractivity contribution >= 4 is 53.8 Å². The molecule has 0 saturated carbocycles. The van der Waals surface area contributed by atoms with E-state index in [0.717, 1.165) is 22.0 Å². The van der Waals surface area contributed by atoms with Gasteiger partial charge >= 0.3 is 5.13 Å². The first-order chi connectivity index (χ1) is 15.0. The minimum atomic E-state index is -3.54. The predicted octanol–water partition coefficient (Wildman–Crippen LogP) is 4.38. The number of azo groups is 1. The molecule has 0 spiro atoms. The number of rotatable bonds is 8.